The Labute approximate surface area is 168 Å². The van der Waals surface area contributed by atoms with Gasteiger partial charge in [0.15, 0.2) is 11.6 Å². The summed E-state index contributed by atoms with van der Waals surface area (Å²) in [5, 5.41) is 3.44. The summed E-state index contributed by atoms with van der Waals surface area (Å²) in [4.78, 5) is 9.52. The Morgan fingerprint density at radius 3 is 2.86 bits per heavy atom. The van der Waals surface area contributed by atoms with Gasteiger partial charge in [0.1, 0.15) is 6.61 Å². The molecule has 0 bridgehead atoms. The molecule has 2 aliphatic heterocycles. The van der Waals surface area contributed by atoms with E-state index in [1.807, 2.05) is 6.20 Å². The van der Waals surface area contributed by atoms with Crippen molar-refractivity contribution in [1.82, 2.24) is 14.8 Å². The summed E-state index contributed by atoms with van der Waals surface area (Å²) in [5.41, 5.74) is 4.15. The molecular weight excluding hydrogens is 348 g/mol. The summed E-state index contributed by atoms with van der Waals surface area (Å²) in [7, 11) is 2.25. The fourth-order valence-electron chi connectivity index (χ4n) is 4.35. The van der Waals surface area contributed by atoms with Gasteiger partial charge in [0.25, 0.3) is 0 Å². The lowest BCUT2D eigenvalue weighted by Gasteiger charge is -2.41. The standard InChI is InChI=1S/C23H32N4O/c1-16(2)19-7-5-6-8-20(19)21-14-27(12-11-26(21)4)13-18-9-10-24-23-22(18)28-15-17(3)25-23/h5-10,16-17,21H,11-15H2,1-4H3,(H,24,25). The molecule has 1 aromatic carbocycles. The summed E-state index contributed by atoms with van der Waals surface area (Å²) in [6.07, 6.45) is 1.89. The Kier molecular flexibility index (Phi) is 5.56. The van der Waals surface area contributed by atoms with Gasteiger partial charge in [-0.1, -0.05) is 38.1 Å². The molecule has 2 unspecified atom stereocenters. The van der Waals surface area contributed by atoms with E-state index in [0.717, 1.165) is 37.7 Å². The van der Waals surface area contributed by atoms with Crippen molar-refractivity contribution in [3.63, 3.8) is 0 Å². The fraction of sp³-hybridized carbons (Fsp3) is 0.522. The van der Waals surface area contributed by atoms with Gasteiger partial charge >= 0.3 is 0 Å². The van der Waals surface area contributed by atoms with Gasteiger partial charge in [-0.3, -0.25) is 9.80 Å². The molecule has 2 aromatic rings. The molecule has 4 rings (SSSR count). The van der Waals surface area contributed by atoms with Gasteiger partial charge in [-0.2, -0.15) is 0 Å². The molecular formula is C23H32N4O. The smallest absolute Gasteiger partial charge is 0.169 e. The molecule has 0 amide bonds. The van der Waals surface area contributed by atoms with Gasteiger partial charge < -0.3 is 10.1 Å². The molecule has 2 atom stereocenters. The second-order valence-electron chi connectivity index (χ2n) is 8.52. The molecule has 28 heavy (non-hydrogen) atoms. The van der Waals surface area contributed by atoms with Crippen LogP contribution < -0.4 is 10.1 Å². The van der Waals surface area contributed by atoms with Crippen LogP contribution in [0.15, 0.2) is 36.5 Å². The maximum absolute atomic E-state index is 6.03. The zero-order valence-corrected chi connectivity index (χ0v) is 17.5. The van der Waals surface area contributed by atoms with Crippen molar-refractivity contribution in [2.75, 3.05) is 38.6 Å². The van der Waals surface area contributed by atoms with Crippen LogP contribution in [0.5, 0.6) is 5.75 Å². The van der Waals surface area contributed by atoms with Crippen LogP contribution in [0.2, 0.25) is 0 Å². The van der Waals surface area contributed by atoms with E-state index in [4.69, 9.17) is 4.74 Å². The number of nitrogens with one attached hydrogen (secondary N) is 1. The number of aromatic nitrogens is 1. The van der Waals surface area contributed by atoms with E-state index in [1.54, 1.807) is 0 Å². The highest BCUT2D eigenvalue weighted by atomic mass is 16.5. The van der Waals surface area contributed by atoms with Gasteiger partial charge in [0.05, 0.1) is 6.04 Å². The first-order valence-electron chi connectivity index (χ1n) is 10.4. The van der Waals surface area contributed by atoms with Crippen molar-refractivity contribution in [1.29, 1.82) is 0 Å². The summed E-state index contributed by atoms with van der Waals surface area (Å²) in [6.45, 7) is 11.4. The normalized spacial score (nSPS) is 23.2. The van der Waals surface area contributed by atoms with Gasteiger partial charge in [-0.15, -0.1) is 0 Å². The zero-order chi connectivity index (χ0) is 19.7. The van der Waals surface area contributed by atoms with Crippen LogP contribution in [-0.4, -0.2) is 54.1 Å². The van der Waals surface area contributed by atoms with Crippen molar-refractivity contribution in [3.05, 3.63) is 53.2 Å². The van der Waals surface area contributed by atoms with E-state index in [0.29, 0.717) is 24.6 Å². The summed E-state index contributed by atoms with van der Waals surface area (Å²) in [5.74, 6) is 2.35. The predicted octanol–water partition coefficient (Wildman–Crippen LogP) is 3.89. The molecule has 1 saturated heterocycles. The second kappa shape index (κ2) is 8.10. The Morgan fingerprint density at radius 1 is 1.21 bits per heavy atom. The predicted molar refractivity (Wildman–Crippen MR) is 114 cm³/mol. The van der Waals surface area contributed by atoms with Crippen molar-refractivity contribution in [2.45, 2.75) is 45.3 Å². The molecule has 3 heterocycles. The summed E-state index contributed by atoms with van der Waals surface area (Å²) >= 11 is 0. The van der Waals surface area contributed by atoms with Crippen LogP contribution in [0.4, 0.5) is 5.82 Å². The topological polar surface area (TPSA) is 40.6 Å². The van der Waals surface area contributed by atoms with Crippen molar-refractivity contribution in [2.24, 2.45) is 0 Å². The second-order valence-corrected chi connectivity index (χ2v) is 8.52. The number of hydrogen-bond donors (Lipinski definition) is 1. The lowest BCUT2D eigenvalue weighted by Crippen LogP contribution is -2.46. The monoisotopic (exact) mass is 380 g/mol. The summed E-state index contributed by atoms with van der Waals surface area (Å²) < 4.78 is 6.03. The van der Waals surface area contributed by atoms with E-state index in [1.165, 1.54) is 16.7 Å². The number of rotatable bonds is 4. The maximum atomic E-state index is 6.03. The highest BCUT2D eigenvalue weighted by Crippen LogP contribution is 2.34. The first kappa shape index (κ1) is 19.2. The molecule has 0 aliphatic carbocycles. The molecule has 1 aromatic heterocycles. The number of nitrogens with zero attached hydrogens (tertiary/aromatic N) is 3. The van der Waals surface area contributed by atoms with E-state index >= 15 is 0 Å². The average molecular weight is 381 g/mol. The van der Waals surface area contributed by atoms with Crippen LogP contribution in [0, 0.1) is 0 Å². The molecule has 0 saturated carbocycles. The Hall–Kier alpha value is -2.11. The minimum Gasteiger partial charge on any atom is -0.487 e. The highest BCUT2D eigenvalue weighted by Gasteiger charge is 2.29. The first-order valence-corrected chi connectivity index (χ1v) is 10.4. The van der Waals surface area contributed by atoms with Crippen molar-refractivity contribution in [3.8, 4) is 5.75 Å². The minimum atomic E-state index is 0.302. The number of anilines is 1. The van der Waals surface area contributed by atoms with Crippen LogP contribution in [-0.2, 0) is 6.54 Å². The Balaban J connectivity index is 1.55. The molecule has 0 spiro atoms. The zero-order valence-electron chi connectivity index (χ0n) is 17.5. The van der Waals surface area contributed by atoms with E-state index in [9.17, 15) is 0 Å². The molecule has 1 N–H and O–H groups in total. The number of hydrogen-bond acceptors (Lipinski definition) is 5. The van der Waals surface area contributed by atoms with Gasteiger partial charge in [0, 0.05) is 44.0 Å². The molecule has 5 heteroatoms. The molecule has 0 radical (unpaired) electrons. The Morgan fingerprint density at radius 2 is 2.04 bits per heavy atom. The molecule has 2 aliphatic rings. The number of likely N-dealkylation sites (N-methyl/N-ethyl adjacent to an activating group) is 1. The number of pyridine rings is 1. The van der Waals surface area contributed by atoms with Gasteiger partial charge in [-0.25, -0.2) is 4.98 Å². The number of piperazine rings is 1. The SMILES string of the molecule is CC1COc2c(CN3CCN(C)C(c4ccccc4C(C)C)C3)ccnc2N1. The van der Waals surface area contributed by atoms with Crippen molar-refractivity contribution >= 4 is 5.82 Å². The lowest BCUT2D eigenvalue weighted by atomic mass is 9.91. The van der Waals surface area contributed by atoms with E-state index in [2.05, 4.69) is 78.3 Å². The third kappa shape index (κ3) is 3.87. The van der Waals surface area contributed by atoms with Crippen LogP contribution in [0.3, 0.4) is 0 Å². The third-order valence-electron chi connectivity index (χ3n) is 5.95. The number of ether oxygens (including phenoxy) is 1. The van der Waals surface area contributed by atoms with Crippen LogP contribution in [0.1, 0.15) is 49.4 Å². The number of fused-ring (bicyclic) bond motifs is 1. The van der Waals surface area contributed by atoms with Gasteiger partial charge in [0.2, 0.25) is 0 Å². The highest BCUT2D eigenvalue weighted by molar-refractivity contribution is 5.56. The quantitative estimate of drug-likeness (QED) is 0.872. The van der Waals surface area contributed by atoms with Crippen molar-refractivity contribution < 1.29 is 4.74 Å². The average Bonchev–Trinajstić information content (AvgIpc) is 2.69. The Bertz CT molecular complexity index is 822. The number of benzene rings is 1. The third-order valence-corrected chi connectivity index (χ3v) is 5.95. The van der Waals surface area contributed by atoms with Crippen LogP contribution >= 0.6 is 0 Å². The van der Waals surface area contributed by atoms with Crippen LogP contribution in [0.25, 0.3) is 0 Å². The lowest BCUT2D eigenvalue weighted by molar-refractivity contribution is 0.0890. The molecule has 1 fully saturated rings. The fourth-order valence-corrected chi connectivity index (χ4v) is 4.35. The van der Waals surface area contributed by atoms with E-state index < -0.39 is 0 Å². The molecule has 150 valence electrons. The summed E-state index contributed by atoms with van der Waals surface area (Å²) in [6, 6.07) is 11.8. The molecule has 5 nitrogen and oxygen atoms in total. The minimum absolute atomic E-state index is 0.302. The first-order chi connectivity index (χ1) is 13.5. The largest absolute Gasteiger partial charge is 0.487 e. The van der Waals surface area contributed by atoms with Gasteiger partial charge in [-0.05, 0) is 37.1 Å². The van der Waals surface area contributed by atoms with E-state index in [-0.39, 0.29) is 0 Å². The maximum Gasteiger partial charge on any atom is 0.169 e.